The maximum Gasteiger partial charge on any atom is 0.264 e. The number of benzene rings is 2. The second-order valence-electron chi connectivity index (χ2n) is 6.19. The zero-order chi connectivity index (χ0) is 19.7. The molecule has 7 heteroatoms. The van der Waals surface area contributed by atoms with Crippen LogP contribution in [0.3, 0.4) is 0 Å². The molecule has 2 aromatic carbocycles. The molecule has 0 atom stereocenters. The molecule has 142 valence electrons. The van der Waals surface area contributed by atoms with E-state index in [4.69, 9.17) is 25.7 Å². The highest BCUT2D eigenvalue weighted by Gasteiger charge is 2.25. The number of hydrogen-bond acceptors (Lipinski definition) is 5. The number of hydrogen-bond donors (Lipinski definition) is 0. The Morgan fingerprint density at radius 2 is 2.04 bits per heavy atom. The quantitative estimate of drug-likeness (QED) is 0.421. The van der Waals surface area contributed by atoms with Crippen LogP contribution >= 0.6 is 22.9 Å². The summed E-state index contributed by atoms with van der Waals surface area (Å²) in [5, 5.41) is 1.23. The molecule has 4 aromatic rings. The number of carbonyl (C=O) groups excluding carboxylic acids is 1. The van der Waals surface area contributed by atoms with Crippen LogP contribution < -0.4 is 9.64 Å². The van der Waals surface area contributed by atoms with Gasteiger partial charge in [-0.3, -0.25) is 9.69 Å². The van der Waals surface area contributed by atoms with E-state index in [0.29, 0.717) is 27.2 Å². The molecule has 0 unspecified atom stereocenters. The van der Waals surface area contributed by atoms with Crippen LogP contribution in [0.1, 0.15) is 21.7 Å². The number of halogens is 1. The second-order valence-corrected chi connectivity index (χ2v) is 7.60. The fourth-order valence-corrected chi connectivity index (χ4v) is 4.13. The zero-order valence-corrected chi connectivity index (χ0v) is 16.9. The predicted molar refractivity (Wildman–Crippen MR) is 112 cm³/mol. The minimum atomic E-state index is -0.211. The standard InChI is InChI=1S/C21H17ClN2O3S/c1-13-16(22)9-10-18-19(13)23-21(28-18)24(12-14-6-5-11-27-14)20(25)15-7-3-4-8-17(15)26-2/h3-11H,12H2,1-2H3. The second kappa shape index (κ2) is 7.66. The zero-order valence-electron chi connectivity index (χ0n) is 15.3. The van der Waals surface area contributed by atoms with E-state index in [-0.39, 0.29) is 12.5 Å². The summed E-state index contributed by atoms with van der Waals surface area (Å²) in [5.41, 5.74) is 2.15. The number of nitrogens with zero attached hydrogens (tertiary/aromatic N) is 2. The maximum absolute atomic E-state index is 13.4. The molecule has 0 spiro atoms. The van der Waals surface area contributed by atoms with Crippen molar-refractivity contribution in [3.63, 3.8) is 0 Å². The van der Waals surface area contributed by atoms with E-state index in [1.54, 1.807) is 36.5 Å². The van der Waals surface area contributed by atoms with Crippen LogP contribution in [-0.4, -0.2) is 18.0 Å². The first-order chi connectivity index (χ1) is 13.6. The van der Waals surface area contributed by atoms with Crippen molar-refractivity contribution in [1.82, 2.24) is 4.98 Å². The van der Waals surface area contributed by atoms with Gasteiger partial charge in [-0.25, -0.2) is 4.98 Å². The molecule has 5 nitrogen and oxygen atoms in total. The number of thiazole rings is 1. The van der Waals surface area contributed by atoms with E-state index in [1.807, 2.05) is 37.3 Å². The summed E-state index contributed by atoms with van der Waals surface area (Å²) in [6.07, 6.45) is 1.59. The van der Waals surface area contributed by atoms with E-state index in [1.165, 1.54) is 11.3 Å². The molecule has 0 bridgehead atoms. The molecule has 2 aromatic heterocycles. The normalized spacial score (nSPS) is 11.0. The molecule has 0 radical (unpaired) electrons. The van der Waals surface area contributed by atoms with Gasteiger partial charge in [-0.15, -0.1) is 0 Å². The first-order valence-corrected chi connectivity index (χ1v) is 9.81. The van der Waals surface area contributed by atoms with Gasteiger partial charge in [0, 0.05) is 5.02 Å². The minimum absolute atomic E-state index is 0.211. The van der Waals surface area contributed by atoms with Crippen molar-refractivity contribution in [3.8, 4) is 5.75 Å². The van der Waals surface area contributed by atoms with E-state index in [0.717, 1.165) is 15.8 Å². The van der Waals surface area contributed by atoms with Crippen molar-refractivity contribution in [2.24, 2.45) is 0 Å². The lowest BCUT2D eigenvalue weighted by Gasteiger charge is -2.20. The average Bonchev–Trinajstić information content (AvgIpc) is 3.38. The summed E-state index contributed by atoms with van der Waals surface area (Å²) >= 11 is 7.68. The fourth-order valence-electron chi connectivity index (χ4n) is 2.96. The molecule has 28 heavy (non-hydrogen) atoms. The molecule has 4 rings (SSSR count). The smallest absolute Gasteiger partial charge is 0.264 e. The van der Waals surface area contributed by atoms with Crippen molar-refractivity contribution in [2.45, 2.75) is 13.5 Å². The number of methoxy groups -OCH3 is 1. The summed E-state index contributed by atoms with van der Waals surface area (Å²) in [6.45, 7) is 2.18. The number of furan rings is 1. The molecule has 1 amide bonds. The van der Waals surface area contributed by atoms with E-state index in [9.17, 15) is 4.79 Å². The number of anilines is 1. The number of para-hydroxylation sites is 1. The average molecular weight is 413 g/mol. The molecule has 0 saturated heterocycles. The Kier molecular flexibility index (Phi) is 5.07. The van der Waals surface area contributed by atoms with Crippen LogP contribution in [0, 0.1) is 6.92 Å². The fraction of sp³-hybridized carbons (Fsp3) is 0.143. The number of aromatic nitrogens is 1. The van der Waals surface area contributed by atoms with Crippen molar-refractivity contribution in [3.05, 3.63) is 76.7 Å². The van der Waals surface area contributed by atoms with Gasteiger partial charge in [-0.2, -0.15) is 0 Å². The molecule has 0 N–H and O–H groups in total. The van der Waals surface area contributed by atoms with Crippen molar-refractivity contribution < 1.29 is 13.9 Å². The SMILES string of the molecule is COc1ccccc1C(=O)N(Cc1ccco1)c1nc2c(C)c(Cl)ccc2s1. The van der Waals surface area contributed by atoms with Crippen LogP contribution in [0.5, 0.6) is 5.75 Å². The number of aryl methyl sites for hydroxylation is 1. The lowest BCUT2D eigenvalue weighted by atomic mass is 10.1. The monoisotopic (exact) mass is 412 g/mol. The Balaban J connectivity index is 1.82. The summed E-state index contributed by atoms with van der Waals surface area (Å²) in [5.74, 6) is 0.964. The largest absolute Gasteiger partial charge is 0.496 e. The Bertz CT molecular complexity index is 1140. The molecular formula is C21H17ClN2O3S. The molecule has 0 aliphatic carbocycles. The van der Waals surface area contributed by atoms with Gasteiger partial charge in [-0.1, -0.05) is 35.1 Å². The van der Waals surface area contributed by atoms with Crippen LogP contribution in [0.4, 0.5) is 5.13 Å². The van der Waals surface area contributed by atoms with E-state index < -0.39 is 0 Å². The summed E-state index contributed by atoms with van der Waals surface area (Å²) in [4.78, 5) is 19.7. The molecule has 0 fully saturated rings. The number of ether oxygens (including phenoxy) is 1. The third-order valence-corrected chi connectivity index (χ3v) is 5.90. The Labute approximate surface area is 171 Å². The molecule has 2 heterocycles. The van der Waals surface area contributed by atoms with Gasteiger partial charge >= 0.3 is 0 Å². The third kappa shape index (κ3) is 3.37. The van der Waals surface area contributed by atoms with Gasteiger partial charge in [0.15, 0.2) is 5.13 Å². The first kappa shape index (κ1) is 18.5. The highest BCUT2D eigenvalue weighted by Crippen LogP contribution is 2.35. The van der Waals surface area contributed by atoms with Crippen molar-refractivity contribution in [1.29, 1.82) is 0 Å². The predicted octanol–water partition coefficient (Wildman–Crippen LogP) is 5.71. The van der Waals surface area contributed by atoms with Gasteiger partial charge in [0.1, 0.15) is 11.5 Å². The van der Waals surface area contributed by atoms with Crippen LogP contribution in [-0.2, 0) is 6.54 Å². The number of amides is 1. The summed E-state index contributed by atoms with van der Waals surface area (Å²) in [7, 11) is 1.55. The highest BCUT2D eigenvalue weighted by molar-refractivity contribution is 7.22. The lowest BCUT2D eigenvalue weighted by molar-refractivity contribution is 0.0980. The van der Waals surface area contributed by atoms with Gasteiger partial charge in [0.05, 0.1) is 35.7 Å². The van der Waals surface area contributed by atoms with E-state index >= 15 is 0 Å². The Hall–Kier alpha value is -2.83. The topological polar surface area (TPSA) is 55.6 Å². The lowest BCUT2D eigenvalue weighted by Crippen LogP contribution is -2.30. The number of carbonyl (C=O) groups is 1. The highest BCUT2D eigenvalue weighted by atomic mass is 35.5. The van der Waals surface area contributed by atoms with Crippen LogP contribution in [0.2, 0.25) is 5.02 Å². The molecular weight excluding hydrogens is 396 g/mol. The van der Waals surface area contributed by atoms with Crippen molar-refractivity contribution >= 4 is 44.2 Å². The van der Waals surface area contributed by atoms with Crippen LogP contribution in [0.15, 0.2) is 59.2 Å². The van der Waals surface area contributed by atoms with Gasteiger partial charge < -0.3 is 9.15 Å². The summed E-state index contributed by atoms with van der Waals surface area (Å²) in [6, 6.07) is 14.5. The van der Waals surface area contributed by atoms with Gasteiger partial charge in [0.25, 0.3) is 5.91 Å². The number of fused-ring (bicyclic) bond motifs is 1. The maximum atomic E-state index is 13.4. The van der Waals surface area contributed by atoms with Crippen LogP contribution in [0.25, 0.3) is 10.2 Å². The summed E-state index contributed by atoms with van der Waals surface area (Å²) < 4.78 is 11.8. The molecule has 0 aliphatic rings. The Morgan fingerprint density at radius 1 is 1.21 bits per heavy atom. The van der Waals surface area contributed by atoms with Gasteiger partial charge in [-0.05, 0) is 48.9 Å². The van der Waals surface area contributed by atoms with Crippen molar-refractivity contribution in [2.75, 3.05) is 12.0 Å². The van der Waals surface area contributed by atoms with Gasteiger partial charge in [0.2, 0.25) is 0 Å². The third-order valence-electron chi connectivity index (χ3n) is 4.44. The molecule has 0 aliphatic heterocycles. The minimum Gasteiger partial charge on any atom is -0.496 e. The van der Waals surface area contributed by atoms with E-state index in [2.05, 4.69) is 0 Å². The Morgan fingerprint density at radius 3 is 2.79 bits per heavy atom. The number of rotatable bonds is 5. The first-order valence-electron chi connectivity index (χ1n) is 8.61. The molecule has 0 saturated carbocycles.